The van der Waals surface area contributed by atoms with Crippen LogP contribution in [-0.4, -0.2) is 9.97 Å². The van der Waals surface area contributed by atoms with Gasteiger partial charge in [-0.2, -0.15) is 13.2 Å². The summed E-state index contributed by atoms with van der Waals surface area (Å²) in [4.78, 5) is 7.29. The molecule has 0 aliphatic rings. The minimum Gasteiger partial charge on any atom is -0.343 e. The molecule has 0 atom stereocenters. The number of aryl methyl sites for hydroxylation is 1. The maximum Gasteiger partial charge on any atom is 0.416 e. The molecule has 1 heterocycles. The standard InChI is InChI=1S/C14H13F3N2S/c1-2-3-12-18-11(8-13(20)19-12)9-4-6-10(7-5-9)14(15,16)17/h4-8H,2-3H2,1H3,(H,18,19,20). The number of nitrogens with zero attached hydrogens (tertiary/aromatic N) is 1. The molecule has 0 bridgehead atoms. The quantitative estimate of drug-likeness (QED) is 0.826. The van der Waals surface area contributed by atoms with Gasteiger partial charge in [-0.15, -0.1) is 0 Å². The van der Waals surface area contributed by atoms with E-state index in [0.717, 1.165) is 30.8 Å². The summed E-state index contributed by atoms with van der Waals surface area (Å²) in [6.45, 7) is 2.02. The van der Waals surface area contributed by atoms with Crippen LogP contribution in [-0.2, 0) is 12.6 Å². The molecule has 1 aromatic carbocycles. The van der Waals surface area contributed by atoms with Crippen LogP contribution < -0.4 is 0 Å². The highest BCUT2D eigenvalue weighted by atomic mass is 32.1. The second-order valence-electron chi connectivity index (χ2n) is 4.40. The van der Waals surface area contributed by atoms with Gasteiger partial charge in [0.1, 0.15) is 10.5 Å². The first-order valence-electron chi connectivity index (χ1n) is 6.18. The van der Waals surface area contributed by atoms with E-state index < -0.39 is 11.7 Å². The van der Waals surface area contributed by atoms with Gasteiger partial charge in [0.25, 0.3) is 0 Å². The lowest BCUT2D eigenvalue weighted by Crippen LogP contribution is -2.04. The summed E-state index contributed by atoms with van der Waals surface area (Å²) in [5, 5.41) is 0. The van der Waals surface area contributed by atoms with Crippen LogP contribution in [0.15, 0.2) is 30.3 Å². The predicted molar refractivity (Wildman–Crippen MR) is 73.9 cm³/mol. The Kier molecular flexibility index (Phi) is 4.23. The Hall–Kier alpha value is -1.69. The number of hydrogen-bond donors (Lipinski definition) is 1. The molecular weight excluding hydrogens is 285 g/mol. The third-order valence-electron chi connectivity index (χ3n) is 2.80. The van der Waals surface area contributed by atoms with Gasteiger partial charge in [-0.1, -0.05) is 31.3 Å². The van der Waals surface area contributed by atoms with Gasteiger partial charge in [0.05, 0.1) is 5.56 Å². The fraction of sp³-hybridized carbons (Fsp3) is 0.286. The number of halogens is 3. The molecule has 20 heavy (non-hydrogen) atoms. The lowest BCUT2D eigenvalue weighted by Gasteiger charge is -2.09. The minimum absolute atomic E-state index is 0.432. The lowest BCUT2D eigenvalue weighted by molar-refractivity contribution is -0.137. The van der Waals surface area contributed by atoms with Gasteiger partial charge in [-0.25, -0.2) is 4.98 Å². The molecule has 2 rings (SSSR count). The van der Waals surface area contributed by atoms with Crippen LogP contribution in [0.2, 0.25) is 0 Å². The van der Waals surface area contributed by atoms with E-state index in [-0.39, 0.29) is 0 Å². The van der Waals surface area contributed by atoms with Crippen molar-refractivity contribution in [3.05, 3.63) is 46.4 Å². The van der Waals surface area contributed by atoms with Gasteiger partial charge < -0.3 is 4.98 Å². The van der Waals surface area contributed by atoms with E-state index in [9.17, 15) is 13.2 Å². The Morgan fingerprint density at radius 2 is 1.85 bits per heavy atom. The van der Waals surface area contributed by atoms with Crippen molar-refractivity contribution >= 4 is 12.2 Å². The zero-order chi connectivity index (χ0) is 14.8. The van der Waals surface area contributed by atoms with Gasteiger partial charge in [0.2, 0.25) is 0 Å². The average molecular weight is 298 g/mol. The molecule has 0 unspecified atom stereocenters. The molecule has 1 aromatic heterocycles. The van der Waals surface area contributed by atoms with Crippen LogP contribution in [0.1, 0.15) is 24.7 Å². The molecule has 0 aliphatic heterocycles. The molecule has 6 heteroatoms. The van der Waals surface area contributed by atoms with E-state index in [1.165, 1.54) is 12.1 Å². The molecular formula is C14H13F3N2S. The molecule has 0 aliphatic carbocycles. The molecule has 0 fully saturated rings. The largest absolute Gasteiger partial charge is 0.416 e. The molecule has 0 saturated heterocycles. The Balaban J connectivity index is 2.39. The lowest BCUT2D eigenvalue weighted by atomic mass is 10.1. The maximum absolute atomic E-state index is 12.5. The van der Waals surface area contributed by atoms with E-state index in [1.807, 2.05) is 6.92 Å². The number of H-pyrrole nitrogens is 1. The highest BCUT2D eigenvalue weighted by molar-refractivity contribution is 7.71. The number of nitrogens with one attached hydrogen (secondary N) is 1. The normalized spacial score (nSPS) is 11.6. The number of alkyl halides is 3. The monoisotopic (exact) mass is 298 g/mol. The van der Waals surface area contributed by atoms with Crippen molar-refractivity contribution in [3.63, 3.8) is 0 Å². The fourth-order valence-corrected chi connectivity index (χ4v) is 2.09. The van der Waals surface area contributed by atoms with E-state index in [0.29, 0.717) is 15.9 Å². The van der Waals surface area contributed by atoms with Crippen molar-refractivity contribution < 1.29 is 13.2 Å². The Labute approximate surface area is 119 Å². The topological polar surface area (TPSA) is 28.7 Å². The smallest absolute Gasteiger partial charge is 0.343 e. The summed E-state index contributed by atoms with van der Waals surface area (Å²) in [5.74, 6) is 0.745. The summed E-state index contributed by atoms with van der Waals surface area (Å²) in [6.07, 6.45) is -2.66. The summed E-state index contributed by atoms with van der Waals surface area (Å²) < 4.78 is 38.0. The van der Waals surface area contributed by atoms with Crippen LogP contribution in [0.4, 0.5) is 13.2 Å². The first-order valence-corrected chi connectivity index (χ1v) is 6.59. The molecule has 106 valence electrons. The maximum atomic E-state index is 12.5. The second-order valence-corrected chi connectivity index (χ2v) is 4.82. The Morgan fingerprint density at radius 1 is 1.20 bits per heavy atom. The molecule has 0 spiro atoms. The van der Waals surface area contributed by atoms with Crippen LogP contribution in [0, 0.1) is 4.64 Å². The van der Waals surface area contributed by atoms with Crippen molar-refractivity contribution in [3.8, 4) is 11.3 Å². The molecule has 2 aromatic rings. The van der Waals surface area contributed by atoms with E-state index >= 15 is 0 Å². The summed E-state index contributed by atoms with van der Waals surface area (Å²) in [7, 11) is 0. The zero-order valence-electron chi connectivity index (χ0n) is 10.8. The number of aromatic nitrogens is 2. The summed E-state index contributed by atoms with van der Waals surface area (Å²) in [6, 6.07) is 6.63. The first kappa shape index (κ1) is 14.7. The summed E-state index contributed by atoms with van der Waals surface area (Å²) in [5.41, 5.74) is 0.675. The first-order chi connectivity index (χ1) is 9.40. The van der Waals surface area contributed by atoms with Crippen molar-refractivity contribution in [1.29, 1.82) is 0 Å². The van der Waals surface area contributed by atoms with Crippen molar-refractivity contribution in [2.24, 2.45) is 0 Å². The van der Waals surface area contributed by atoms with Gasteiger partial charge >= 0.3 is 6.18 Å². The van der Waals surface area contributed by atoms with Crippen LogP contribution in [0.3, 0.4) is 0 Å². The molecule has 0 saturated carbocycles. The van der Waals surface area contributed by atoms with Gasteiger partial charge in [0.15, 0.2) is 0 Å². The van der Waals surface area contributed by atoms with Crippen molar-refractivity contribution in [1.82, 2.24) is 9.97 Å². The van der Waals surface area contributed by atoms with Crippen molar-refractivity contribution in [2.45, 2.75) is 25.9 Å². The second kappa shape index (κ2) is 5.75. The SMILES string of the molecule is CCCc1nc(=S)cc(-c2ccc(C(F)(F)F)cc2)[nH]1. The van der Waals surface area contributed by atoms with E-state index in [1.54, 1.807) is 6.07 Å². The number of aromatic amines is 1. The Bertz CT molecular complexity index is 645. The molecule has 2 nitrogen and oxygen atoms in total. The van der Waals surface area contributed by atoms with Gasteiger partial charge in [-0.3, -0.25) is 0 Å². The van der Waals surface area contributed by atoms with Crippen molar-refractivity contribution in [2.75, 3.05) is 0 Å². The number of hydrogen-bond acceptors (Lipinski definition) is 2. The van der Waals surface area contributed by atoms with Crippen LogP contribution >= 0.6 is 12.2 Å². The van der Waals surface area contributed by atoms with Gasteiger partial charge in [-0.05, 0) is 30.2 Å². The number of rotatable bonds is 3. The van der Waals surface area contributed by atoms with Crippen LogP contribution in [0.25, 0.3) is 11.3 Å². The average Bonchev–Trinajstić information content (AvgIpc) is 2.37. The third-order valence-corrected chi connectivity index (χ3v) is 3.01. The number of benzene rings is 1. The third kappa shape index (κ3) is 3.45. The van der Waals surface area contributed by atoms with Crippen LogP contribution in [0.5, 0.6) is 0 Å². The predicted octanol–water partition coefficient (Wildman–Crippen LogP) is 4.78. The van der Waals surface area contributed by atoms with E-state index in [4.69, 9.17) is 12.2 Å². The highest BCUT2D eigenvalue weighted by Crippen LogP contribution is 2.30. The fourth-order valence-electron chi connectivity index (χ4n) is 1.86. The molecule has 1 N–H and O–H groups in total. The molecule has 0 amide bonds. The zero-order valence-corrected chi connectivity index (χ0v) is 11.6. The summed E-state index contributed by atoms with van der Waals surface area (Å²) >= 11 is 5.08. The van der Waals surface area contributed by atoms with E-state index in [2.05, 4.69) is 9.97 Å². The Morgan fingerprint density at radius 3 is 2.40 bits per heavy atom. The minimum atomic E-state index is -4.32. The molecule has 0 radical (unpaired) electrons. The van der Waals surface area contributed by atoms with Gasteiger partial charge in [0, 0.05) is 12.1 Å². The highest BCUT2D eigenvalue weighted by Gasteiger charge is 2.29.